The molecule has 0 saturated heterocycles. The van der Waals surface area contributed by atoms with E-state index < -0.39 is 17.6 Å². The van der Waals surface area contributed by atoms with Gasteiger partial charge in [0.2, 0.25) is 12.4 Å². The van der Waals surface area contributed by atoms with Gasteiger partial charge in [0, 0.05) is 25.4 Å². The number of benzene rings is 2. The molecule has 2 heterocycles. The van der Waals surface area contributed by atoms with E-state index in [1.807, 2.05) is 0 Å². The van der Waals surface area contributed by atoms with Crippen molar-refractivity contribution in [3.63, 3.8) is 0 Å². The summed E-state index contributed by atoms with van der Waals surface area (Å²) in [6.45, 7) is 0. The summed E-state index contributed by atoms with van der Waals surface area (Å²) < 4.78 is 58.5. The molecular formula is C21H15F4N5O2. The van der Waals surface area contributed by atoms with Crippen molar-refractivity contribution in [2.75, 3.05) is 17.3 Å². The number of H-pyrrole nitrogens is 1. The van der Waals surface area contributed by atoms with E-state index in [1.54, 1.807) is 37.4 Å². The third-order valence-corrected chi connectivity index (χ3v) is 4.47. The van der Waals surface area contributed by atoms with E-state index in [1.165, 1.54) is 11.1 Å². The number of hydrogen-bond donors (Lipinski definition) is 2. The van der Waals surface area contributed by atoms with Crippen LogP contribution in [-0.4, -0.2) is 28.4 Å². The maximum atomic E-state index is 14.0. The number of alkyl halides is 3. The highest BCUT2D eigenvalue weighted by molar-refractivity contribution is 5.80. The molecule has 0 spiro atoms. The largest absolute Gasteiger partial charge is 0.457 e. The van der Waals surface area contributed by atoms with E-state index in [0.29, 0.717) is 46.9 Å². The van der Waals surface area contributed by atoms with Crippen molar-refractivity contribution < 1.29 is 27.1 Å². The number of pyridine rings is 1. The lowest BCUT2D eigenvalue weighted by Crippen LogP contribution is -2.14. The Morgan fingerprint density at radius 1 is 1.09 bits per heavy atom. The topological polar surface area (TPSA) is 83.1 Å². The van der Waals surface area contributed by atoms with Gasteiger partial charge in [-0.2, -0.15) is 13.2 Å². The number of hydrogen-bond acceptors (Lipinski definition) is 5. The number of nitrogens with one attached hydrogen (secondary N) is 2. The van der Waals surface area contributed by atoms with E-state index in [-0.39, 0.29) is 11.6 Å². The summed E-state index contributed by atoms with van der Waals surface area (Å²) in [5.74, 6) is 0.482. The zero-order valence-corrected chi connectivity index (χ0v) is 16.4. The van der Waals surface area contributed by atoms with Gasteiger partial charge in [0.25, 0.3) is 0 Å². The fourth-order valence-corrected chi connectivity index (χ4v) is 2.88. The minimum absolute atomic E-state index is 0.0641. The number of ether oxygens (including phenoxy) is 1. The summed E-state index contributed by atoms with van der Waals surface area (Å²) in [7, 11) is 1.55. The molecule has 0 unspecified atom stereocenters. The molecular weight excluding hydrogens is 430 g/mol. The molecule has 0 saturated carbocycles. The number of anilines is 3. The highest BCUT2D eigenvalue weighted by Gasteiger charge is 2.31. The molecule has 2 aromatic heterocycles. The van der Waals surface area contributed by atoms with Gasteiger partial charge in [0.1, 0.15) is 23.1 Å². The zero-order chi connectivity index (χ0) is 22.9. The fourth-order valence-electron chi connectivity index (χ4n) is 2.88. The van der Waals surface area contributed by atoms with Crippen molar-refractivity contribution in [3.05, 3.63) is 66.1 Å². The van der Waals surface area contributed by atoms with Crippen LogP contribution in [0.3, 0.4) is 0 Å². The molecule has 11 heteroatoms. The molecule has 0 aliphatic heterocycles. The molecule has 0 radical (unpaired) electrons. The summed E-state index contributed by atoms with van der Waals surface area (Å²) in [5.41, 5.74) is -0.343. The van der Waals surface area contributed by atoms with Gasteiger partial charge in [-0.3, -0.25) is 4.79 Å². The lowest BCUT2D eigenvalue weighted by atomic mass is 10.2. The maximum absolute atomic E-state index is 14.0. The van der Waals surface area contributed by atoms with Crippen molar-refractivity contribution in [3.8, 4) is 11.5 Å². The predicted octanol–water partition coefficient (Wildman–Crippen LogP) is 5.24. The molecule has 0 bridgehead atoms. The second kappa shape index (κ2) is 8.17. The number of nitrogens with zero attached hydrogens (tertiary/aromatic N) is 3. The number of halogens is 4. The fraction of sp³-hybridized carbons (Fsp3) is 0.0952. The van der Waals surface area contributed by atoms with E-state index in [4.69, 9.17) is 4.74 Å². The van der Waals surface area contributed by atoms with Crippen LogP contribution in [0.5, 0.6) is 11.5 Å². The third-order valence-electron chi connectivity index (χ3n) is 4.47. The van der Waals surface area contributed by atoms with Crippen molar-refractivity contribution in [2.45, 2.75) is 6.18 Å². The van der Waals surface area contributed by atoms with Crippen LogP contribution in [0, 0.1) is 5.82 Å². The first-order chi connectivity index (χ1) is 15.2. The summed E-state index contributed by atoms with van der Waals surface area (Å²) in [6, 6.07) is 10.2. The number of rotatable bonds is 6. The van der Waals surface area contributed by atoms with Crippen molar-refractivity contribution in [1.82, 2.24) is 15.0 Å². The molecule has 2 aromatic carbocycles. The number of aromatic amines is 1. The molecule has 4 aromatic rings. The van der Waals surface area contributed by atoms with E-state index >= 15 is 0 Å². The highest BCUT2D eigenvalue weighted by Crippen LogP contribution is 2.33. The molecule has 0 atom stereocenters. The molecule has 0 aliphatic carbocycles. The molecule has 0 fully saturated rings. The quantitative estimate of drug-likeness (QED) is 0.313. The lowest BCUT2D eigenvalue weighted by molar-refractivity contribution is -0.137. The van der Waals surface area contributed by atoms with Gasteiger partial charge in [-0.15, -0.1) is 0 Å². The Morgan fingerprint density at radius 3 is 2.62 bits per heavy atom. The average molecular weight is 445 g/mol. The number of carbonyl (C=O) groups excluding carboxylic acids is 1. The SMILES string of the molecule is CN(C=O)c1cc(Oc2ccc3nc(Nc4cc(C(F)(F)F)ccc4F)[nH]c3c2)ccn1. The van der Waals surface area contributed by atoms with Crippen LogP contribution in [-0.2, 0) is 11.0 Å². The van der Waals surface area contributed by atoms with Gasteiger partial charge in [0.15, 0.2) is 0 Å². The minimum atomic E-state index is -4.60. The van der Waals surface area contributed by atoms with Gasteiger partial charge in [0.05, 0.1) is 22.3 Å². The number of amides is 1. The van der Waals surface area contributed by atoms with Crippen LogP contribution in [0.1, 0.15) is 5.56 Å². The maximum Gasteiger partial charge on any atom is 0.416 e. The molecule has 0 aliphatic rings. The standard InChI is InChI=1S/C21H15F4N5O2/c1-30(11-31)19-10-14(6-7-26-19)32-13-3-5-16-18(9-13)29-20(27-16)28-17-8-12(21(23,24)25)2-4-15(17)22/h2-11H,1H3,(H2,27,28,29). The van der Waals surface area contributed by atoms with E-state index in [2.05, 4.69) is 20.3 Å². The molecule has 7 nitrogen and oxygen atoms in total. The Hall–Kier alpha value is -4.15. The van der Waals surface area contributed by atoms with Gasteiger partial charge in [-0.25, -0.2) is 14.4 Å². The Bertz CT molecular complexity index is 1290. The normalized spacial score (nSPS) is 11.4. The Labute approximate surface area is 178 Å². The second-order valence-electron chi connectivity index (χ2n) is 6.75. The summed E-state index contributed by atoms with van der Waals surface area (Å²) >= 11 is 0. The average Bonchev–Trinajstić information content (AvgIpc) is 3.15. The van der Waals surface area contributed by atoms with Crippen LogP contribution >= 0.6 is 0 Å². The molecule has 32 heavy (non-hydrogen) atoms. The third kappa shape index (κ3) is 4.46. The van der Waals surface area contributed by atoms with Gasteiger partial charge >= 0.3 is 6.18 Å². The van der Waals surface area contributed by atoms with Crippen LogP contribution in [0.2, 0.25) is 0 Å². The van der Waals surface area contributed by atoms with Crippen LogP contribution < -0.4 is 15.0 Å². The van der Waals surface area contributed by atoms with E-state index in [0.717, 1.165) is 6.07 Å². The van der Waals surface area contributed by atoms with Crippen molar-refractivity contribution in [1.29, 1.82) is 0 Å². The first-order valence-corrected chi connectivity index (χ1v) is 9.18. The highest BCUT2D eigenvalue weighted by atomic mass is 19.4. The van der Waals surface area contributed by atoms with Gasteiger partial charge in [-0.1, -0.05) is 0 Å². The van der Waals surface area contributed by atoms with Crippen LogP contribution in [0.25, 0.3) is 11.0 Å². The minimum Gasteiger partial charge on any atom is -0.457 e. The number of fused-ring (bicyclic) bond motifs is 1. The van der Waals surface area contributed by atoms with Crippen molar-refractivity contribution in [2.24, 2.45) is 0 Å². The Balaban J connectivity index is 1.57. The first kappa shape index (κ1) is 21.1. The molecule has 1 amide bonds. The Morgan fingerprint density at radius 2 is 1.88 bits per heavy atom. The molecule has 2 N–H and O–H groups in total. The summed E-state index contributed by atoms with van der Waals surface area (Å²) in [4.78, 5) is 23.3. The number of carbonyl (C=O) groups is 1. The number of aromatic nitrogens is 3. The first-order valence-electron chi connectivity index (χ1n) is 9.18. The summed E-state index contributed by atoms with van der Waals surface area (Å²) in [5, 5.41) is 2.54. The smallest absolute Gasteiger partial charge is 0.416 e. The number of imidazole rings is 1. The second-order valence-corrected chi connectivity index (χ2v) is 6.75. The lowest BCUT2D eigenvalue weighted by Gasteiger charge is -2.11. The van der Waals surface area contributed by atoms with Crippen LogP contribution in [0.15, 0.2) is 54.7 Å². The molecule has 4 rings (SSSR count). The van der Waals surface area contributed by atoms with Gasteiger partial charge in [-0.05, 0) is 36.4 Å². The van der Waals surface area contributed by atoms with Crippen LogP contribution in [0.4, 0.5) is 35.0 Å². The molecule has 164 valence electrons. The monoisotopic (exact) mass is 445 g/mol. The van der Waals surface area contributed by atoms with Crippen molar-refractivity contribution >= 4 is 34.9 Å². The van der Waals surface area contributed by atoms with Gasteiger partial charge < -0.3 is 19.9 Å². The van der Waals surface area contributed by atoms with E-state index in [9.17, 15) is 22.4 Å². The Kier molecular flexibility index (Phi) is 5.39. The summed E-state index contributed by atoms with van der Waals surface area (Å²) in [6.07, 6.45) is -2.49. The zero-order valence-electron chi connectivity index (χ0n) is 16.4. The predicted molar refractivity (Wildman–Crippen MR) is 110 cm³/mol.